The van der Waals surface area contributed by atoms with Crippen LogP contribution in [-0.2, 0) is 19.1 Å². The molecule has 1 amide bonds. The maximum Gasteiger partial charge on any atom is 0.329 e. The SMILES string of the molecule is COCCSCC(=O)N1CCC[C@H]1C(=O)OC(C)(C)C. The molecule has 116 valence electrons. The average molecular weight is 303 g/mol. The van der Waals surface area contributed by atoms with Gasteiger partial charge in [-0.15, -0.1) is 11.8 Å². The van der Waals surface area contributed by atoms with E-state index in [0.717, 1.165) is 12.2 Å². The molecule has 0 aromatic rings. The second-order valence-electron chi connectivity index (χ2n) is 5.82. The quantitative estimate of drug-likeness (QED) is 0.552. The number of esters is 1. The van der Waals surface area contributed by atoms with Crippen LogP contribution in [-0.4, -0.2) is 60.2 Å². The minimum Gasteiger partial charge on any atom is -0.458 e. The second kappa shape index (κ2) is 7.88. The number of hydrogen-bond donors (Lipinski definition) is 0. The van der Waals surface area contributed by atoms with E-state index in [-0.39, 0.29) is 11.9 Å². The molecule has 0 saturated carbocycles. The lowest BCUT2D eigenvalue weighted by Crippen LogP contribution is -2.44. The van der Waals surface area contributed by atoms with Crippen LogP contribution in [0.1, 0.15) is 33.6 Å². The molecule has 1 fully saturated rings. The fourth-order valence-electron chi connectivity index (χ4n) is 2.06. The maximum absolute atomic E-state index is 12.1. The molecule has 1 aliphatic heterocycles. The molecule has 1 rings (SSSR count). The molecule has 0 unspecified atom stereocenters. The van der Waals surface area contributed by atoms with Gasteiger partial charge in [-0.3, -0.25) is 4.79 Å². The van der Waals surface area contributed by atoms with E-state index in [1.54, 1.807) is 12.0 Å². The van der Waals surface area contributed by atoms with Crippen LogP contribution in [0.5, 0.6) is 0 Å². The first kappa shape index (κ1) is 17.3. The van der Waals surface area contributed by atoms with Crippen LogP contribution >= 0.6 is 11.8 Å². The van der Waals surface area contributed by atoms with Gasteiger partial charge in [-0.25, -0.2) is 4.79 Å². The fourth-order valence-corrected chi connectivity index (χ4v) is 2.83. The Labute approximate surface area is 125 Å². The molecule has 0 aromatic heterocycles. The van der Waals surface area contributed by atoms with E-state index in [0.29, 0.717) is 25.3 Å². The van der Waals surface area contributed by atoms with Crippen LogP contribution in [0.2, 0.25) is 0 Å². The van der Waals surface area contributed by atoms with Gasteiger partial charge in [-0.05, 0) is 33.6 Å². The first-order valence-electron chi connectivity index (χ1n) is 6.94. The van der Waals surface area contributed by atoms with E-state index in [1.165, 1.54) is 11.8 Å². The summed E-state index contributed by atoms with van der Waals surface area (Å²) in [6.45, 7) is 6.80. The second-order valence-corrected chi connectivity index (χ2v) is 6.93. The zero-order valence-electron chi connectivity index (χ0n) is 12.8. The largest absolute Gasteiger partial charge is 0.458 e. The number of thioether (sulfide) groups is 1. The summed E-state index contributed by atoms with van der Waals surface area (Å²) in [4.78, 5) is 25.9. The number of carbonyl (C=O) groups excluding carboxylic acids is 2. The minimum atomic E-state index is -0.512. The summed E-state index contributed by atoms with van der Waals surface area (Å²) in [6, 6.07) is -0.412. The molecular formula is C14H25NO4S. The Morgan fingerprint density at radius 1 is 1.35 bits per heavy atom. The van der Waals surface area contributed by atoms with Gasteiger partial charge in [-0.1, -0.05) is 0 Å². The highest BCUT2D eigenvalue weighted by atomic mass is 32.2. The minimum absolute atomic E-state index is 0.0134. The molecule has 1 atom stereocenters. The van der Waals surface area contributed by atoms with Gasteiger partial charge in [0.25, 0.3) is 0 Å². The van der Waals surface area contributed by atoms with E-state index in [1.807, 2.05) is 20.8 Å². The van der Waals surface area contributed by atoms with Crippen LogP contribution < -0.4 is 0 Å². The van der Waals surface area contributed by atoms with Crippen LogP contribution in [0.15, 0.2) is 0 Å². The summed E-state index contributed by atoms with van der Waals surface area (Å²) in [5, 5.41) is 0. The Hall–Kier alpha value is -0.750. The monoisotopic (exact) mass is 303 g/mol. The van der Waals surface area contributed by atoms with Crippen LogP contribution in [0.25, 0.3) is 0 Å². The summed E-state index contributed by atoms with van der Waals surface area (Å²) in [6.07, 6.45) is 1.56. The lowest BCUT2D eigenvalue weighted by atomic mass is 10.1. The number of amides is 1. The van der Waals surface area contributed by atoms with Crippen molar-refractivity contribution in [1.29, 1.82) is 0 Å². The van der Waals surface area contributed by atoms with Gasteiger partial charge in [0.15, 0.2) is 0 Å². The topological polar surface area (TPSA) is 55.8 Å². The highest BCUT2D eigenvalue weighted by molar-refractivity contribution is 7.99. The molecule has 5 nitrogen and oxygen atoms in total. The predicted octanol–water partition coefficient (Wildman–Crippen LogP) is 1.70. The van der Waals surface area contributed by atoms with Crippen molar-refractivity contribution in [3.8, 4) is 0 Å². The van der Waals surface area contributed by atoms with Gasteiger partial charge in [0, 0.05) is 19.4 Å². The van der Waals surface area contributed by atoms with Crippen molar-refractivity contribution in [2.45, 2.75) is 45.3 Å². The van der Waals surface area contributed by atoms with Crippen LogP contribution in [0.3, 0.4) is 0 Å². The summed E-state index contributed by atoms with van der Waals surface area (Å²) < 4.78 is 10.3. The highest BCUT2D eigenvalue weighted by Crippen LogP contribution is 2.22. The van der Waals surface area contributed by atoms with Crippen molar-refractivity contribution in [3.05, 3.63) is 0 Å². The molecule has 0 spiro atoms. The molecule has 0 aromatic carbocycles. The third-order valence-electron chi connectivity index (χ3n) is 2.91. The Balaban J connectivity index is 2.47. The molecule has 0 N–H and O–H groups in total. The van der Waals surface area contributed by atoms with Gasteiger partial charge in [-0.2, -0.15) is 0 Å². The van der Waals surface area contributed by atoms with E-state index in [2.05, 4.69) is 0 Å². The molecule has 20 heavy (non-hydrogen) atoms. The third-order valence-corrected chi connectivity index (χ3v) is 3.82. The van der Waals surface area contributed by atoms with E-state index < -0.39 is 11.6 Å². The lowest BCUT2D eigenvalue weighted by molar-refractivity contribution is -0.162. The molecule has 1 saturated heterocycles. The van der Waals surface area contributed by atoms with Crippen molar-refractivity contribution in [3.63, 3.8) is 0 Å². The van der Waals surface area contributed by atoms with Gasteiger partial charge in [0.05, 0.1) is 12.4 Å². The van der Waals surface area contributed by atoms with Crippen molar-refractivity contribution in [2.24, 2.45) is 0 Å². The van der Waals surface area contributed by atoms with E-state index >= 15 is 0 Å². The Bertz CT molecular complexity index is 341. The molecule has 6 heteroatoms. The molecule has 1 heterocycles. The summed E-state index contributed by atoms with van der Waals surface area (Å²) in [5.41, 5.74) is -0.512. The summed E-state index contributed by atoms with van der Waals surface area (Å²) in [7, 11) is 1.64. The smallest absolute Gasteiger partial charge is 0.329 e. The Morgan fingerprint density at radius 2 is 2.05 bits per heavy atom. The number of hydrogen-bond acceptors (Lipinski definition) is 5. The van der Waals surface area contributed by atoms with Crippen molar-refractivity contribution >= 4 is 23.6 Å². The summed E-state index contributed by atoms with van der Waals surface area (Å²) >= 11 is 1.53. The zero-order chi connectivity index (χ0) is 15.2. The Morgan fingerprint density at radius 3 is 2.65 bits per heavy atom. The maximum atomic E-state index is 12.1. The lowest BCUT2D eigenvalue weighted by Gasteiger charge is -2.27. The van der Waals surface area contributed by atoms with Gasteiger partial charge in [0.1, 0.15) is 11.6 Å². The van der Waals surface area contributed by atoms with Crippen molar-refractivity contribution < 1.29 is 19.1 Å². The van der Waals surface area contributed by atoms with E-state index in [4.69, 9.17) is 9.47 Å². The van der Waals surface area contributed by atoms with Crippen molar-refractivity contribution in [1.82, 2.24) is 4.90 Å². The fraction of sp³-hybridized carbons (Fsp3) is 0.857. The first-order chi connectivity index (χ1) is 9.35. The average Bonchev–Trinajstić information content (AvgIpc) is 2.81. The summed E-state index contributed by atoms with van der Waals surface area (Å²) in [5.74, 6) is 0.903. The first-order valence-corrected chi connectivity index (χ1v) is 8.09. The number of ether oxygens (including phenoxy) is 2. The number of nitrogens with zero attached hydrogens (tertiary/aromatic N) is 1. The Kier molecular flexibility index (Phi) is 6.82. The number of likely N-dealkylation sites (tertiary alicyclic amines) is 1. The highest BCUT2D eigenvalue weighted by Gasteiger charge is 2.36. The molecule has 0 aliphatic carbocycles. The number of methoxy groups -OCH3 is 1. The third kappa shape index (κ3) is 5.71. The van der Waals surface area contributed by atoms with Gasteiger partial charge < -0.3 is 14.4 Å². The van der Waals surface area contributed by atoms with Gasteiger partial charge in [0.2, 0.25) is 5.91 Å². The van der Waals surface area contributed by atoms with Gasteiger partial charge >= 0.3 is 5.97 Å². The molecule has 1 aliphatic rings. The number of carbonyl (C=O) groups is 2. The van der Waals surface area contributed by atoms with Crippen LogP contribution in [0, 0.1) is 0 Å². The standard InChI is InChI=1S/C14H25NO4S/c1-14(2,3)19-13(17)11-6-5-7-15(11)12(16)10-20-9-8-18-4/h11H,5-10H2,1-4H3/t11-/m0/s1. The van der Waals surface area contributed by atoms with E-state index in [9.17, 15) is 9.59 Å². The molecular weight excluding hydrogens is 278 g/mol. The van der Waals surface area contributed by atoms with Crippen LogP contribution in [0.4, 0.5) is 0 Å². The van der Waals surface area contributed by atoms with Crippen molar-refractivity contribution in [2.75, 3.05) is 31.8 Å². The molecule has 0 radical (unpaired) electrons. The zero-order valence-corrected chi connectivity index (χ0v) is 13.6. The normalized spacial score (nSPS) is 19.2. The number of rotatable bonds is 6. The predicted molar refractivity (Wildman–Crippen MR) is 79.8 cm³/mol. The molecule has 0 bridgehead atoms.